The summed E-state index contributed by atoms with van der Waals surface area (Å²) in [4.78, 5) is 27.7. The summed E-state index contributed by atoms with van der Waals surface area (Å²) >= 11 is 1.66. The van der Waals surface area contributed by atoms with Crippen LogP contribution < -0.4 is 10.2 Å². The predicted octanol–water partition coefficient (Wildman–Crippen LogP) is 3.51. The molecule has 0 aliphatic carbocycles. The molecule has 0 bridgehead atoms. The predicted molar refractivity (Wildman–Crippen MR) is 98.0 cm³/mol. The maximum absolute atomic E-state index is 11.9. The zero-order chi connectivity index (χ0) is 16.9. The first-order valence-electron chi connectivity index (χ1n) is 8.03. The van der Waals surface area contributed by atoms with Crippen LogP contribution in [0.4, 0.5) is 5.69 Å². The SMILES string of the molecule is Cc1ccc(/C=C/C(=O)NCc2ccc(N3CCCC3=O)cc2)s1. The third-order valence-electron chi connectivity index (χ3n) is 3.95. The smallest absolute Gasteiger partial charge is 0.244 e. The molecule has 2 aromatic rings. The molecule has 0 spiro atoms. The third-order valence-corrected chi connectivity index (χ3v) is 4.91. The monoisotopic (exact) mass is 340 g/mol. The molecule has 1 fully saturated rings. The van der Waals surface area contributed by atoms with Crippen molar-refractivity contribution in [3.05, 3.63) is 57.8 Å². The van der Waals surface area contributed by atoms with Gasteiger partial charge in [-0.25, -0.2) is 0 Å². The topological polar surface area (TPSA) is 49.4 Å². The highest BCUT2D eigenvalue weighted by atomic mass is 32.1. The third kappa shape index (κ3) is 4.11. The normalized spacial score (nSPS) is 14.5. The van der Waals surface area contributed by atoms with Gasteiger partial charge in [0, 0.05) is 41.0 Å². The second-order valence-corrected chi connectivity index (χ2v) is 7.13. The van der Waals surface area contributed by atoms with Gasteiger partial charge >= 0.3 is 0 Å². The van der Waals surface area contributed by atoms with Crippen molar-refractivity contribution in [2.45, 2.75) is 26.3 Å². The van der Waals surface area contributed by atoms with E-state index in [2.05, 4.69) is 5.32 Å². The van der Waals surface area contributed by atoms with Crippen LogP contribution in [0.3, 0.4) is 0 Å². The number of aryl methyl sites for hydroxylation is 1. The molecule has 24 heavy (non-hydrogen) atoms. The second-order valence-electron chi connectivity index (χ2n) is 5.81. The molecule has 1 N–H and O–H groups in total. The van der Waals surface area contributed by atoms with E-state index in [0.29, 0.717) is 13.0 Å². The van der Waals surface area contributed by atoms with E-state index < -0.39 is 0 Å². The molecule has 0 saturated carbocycles. The summed E-state index contributed by atoms with van der Waals surface area (Å²) in [6.45, 7) is 3.31. The van der Waals surface area contributed by atoms with Gasteiger partial charge in [-0.3, -0.25) is 9.59 Å². The molecular weight excluding hydrogens is 320 g/mol. The summed E-state index contributed by atoms with van der Waals surface area (Å²) in [5.41, 5.74) is 1.94. The molecule has 1 aliphatic rings. The van der Waals surface area contributed by atoms with Gasteiger partial charge in [0.25, 0.3) is 0 Å². The average molecular weight is 340 g/mol. The quantitative estimate of drug-likeness (QED) is 0.847. The van der Waals surface area contributed by atoms with Crippen molar-refractivity contribution < 1.29 is 9.59 Å². The molecular formula is C19H20N2O2S. The van der Waals surface area contributed by atoms with Crippen LogP contribution in [0.15, 0.2) is 42.5 Å². The van der Waals surface area contributed by atoms with E-state index in [9.17, 15) is 9.59 Å². The largest absolute Gasteiger partial charge is 0.348 e. The Bertz CT molecular complexity index is 762. The highest BCUT2D eigenvalue weighted by Crippen LogP contribution is 2.21. The van der Waals surface area contributed by atoms with E-state index in [1.165, 1.54) is 4.88 Å². The fourth-order valence-electron chi connectivity index (χ4n) is 2.66. The summed E-state index contributed by atoms with van der Waals surface area (Å²) in [5, 5.41) is 2.87. The van der Waals surface area contributed by atoms with Crippen molar-refractivity contribution in [1.82, 2.24) is 5.32 Å². The molecule has 0 atom stereocenters. The molecule has 1 saturated heterocycles. The van der Waals surface area contributed by atoms with Gasteiger partial charge in [-0.2, -0.15) is 0 Å². The number of carbonyl (C=O) groups excluding carboxylic acids is 2. The summed E-state index contributed by atoms with van der Waals surface area (Å²) in [7, 11) is 0. The second kappa shape index (κ2) is 7.45. The van der Waals surface area contributed by atoms with Gasteiger partial charge in [0.2, 0.25) is 11.8 Å². The van der Waals surface area contributed by atoms with Crippen LogP contribution >= 0.6 is 11.3 Å². The lowest BCUT2D eigenvalue weighted by atomic mass is 10.2. The highest BCUT2D eigenvalue weighted by molar-refractivity contribution is 7.12. The van der Waals surface area contributed by atoms with Gasteiger partial charge in [0.1, 0.15) is 0 Å². The van der Waals surface area contributed by atoms with Crippen LogP contribution in [0.2, 0.25) is 0 Å². The molecule has 0 radical (unpaired) electrons. The van der Waals surface area contributed by atoms with Crippen molar-refractivity contribution >= 4 is 34.9 Å². The number of benzene rings is 1. The molecule has 4 nitrogen and oxygen atoms in total. The number of nitrogens with zero attached hydrogens (tertiary/aromatic N) is 1. The molecule has 1 aromatic heterocycles. The first-order chi connectivity index (χ1) is 11.6. The Balaban J connectivity index is 1.52. The Hall–Kier alpha value is -2.40. The molecule has 0 unspecified atom stereocenters. The number of carbonyl (C=O) groups is 2. The highest BCUT2D eigenvalue weighted by Gasteiger charge is 2.21. The van der Waals surface area contributed by atoms with Crippen molar-refractivity contribution in [1.29, 1.82) is 0 Å². The van der Waals surface area contributed by atoms with E-state index in [1.807, 2.05) is 54.3 Å². The zero-order valence-electron chi connectivity index (χ0n) is 13.6. The Labute approximate surface area is 145 Å². The van der Waals surface area contributed by atoms with Crippen molar-refractivity contribution in [3.8, 4) is 0 Å². The lowest BCUT2D eigenvalue weighted by molar-refractivity contribution is -0.117. The van der Waals surface area contributed by atoms with E-state index in [1.54, 1.807) is 17.4 Å². The number of amides is 2. The molecule has 3 rings (SSSR count). The maximum Gasteiger partial charge on any atom is 0.244 e. The van der Waals surface area contributed by atoms with Crippen LogP contribution in [-0.4, -0.2) is 18.4 Å². The minimum atomic E-state index is -0.111. The standard InChI is InChI=1S/C19H20N2O2S/c1-14-4-9-17(24-14)10-11-18(22)20-13-15-5-7-16(8-6-15)21-12-2-3-19(21)23/h4-11H,2-3,12-13H2,1H3,(H,20,22)/b11-10+. The van der Waals surface area contributed by atoms with E-state index in [4.69, 9.17) is 0 Å². The number of anilines is 1. The average Bonchev–Trinajstić information content (AvgIpc) is 3.20. The van der Waals surface area contributed by atoms with Crippen LogP contribution in [0.1, 0.15) is 28.2 Å². The molecule has 5 heteroatoms. The van der Waals surface area contributed by atoms with Crippen LogP contribution in [-0.2, 0) is 16.1 Å². The Morgan fingerprint density at radius 1 is 1.25 bits per heavy atom. The van der Waals surface area contributed by atoms with Crippen molar-refractivity contribution in [2.24, 2.45) is 0 Å². The first-order valence-corrected chi connectivity index (χ1v) is 8.85. The Morgan fingerprint density at radius 2 is 2.04 bits per heavy atom. The maximum atomic E-state index is 11.9. The minimum absolute atomic E-state index is 0.111. The molecule has 2 heterocycles. The Kier molecular flexibility index (Phi) is 5.11. The van der Waals surface area contributed by atoms with Gasteiger partial charge in [-0.05, 0) is 49.2 Å². The van der Waals surface area contributed by atoms with Crippen molar-refractivity contribution in [3.63, 3.8) is 0 Å². The van der Waals surface area contributed by atoms with Gasteiger partial charge in [0.15, 0.2) is 0 Å². The number of hydrogen-bond acceptors (Lipinski definition) is 3. The van der Waals surface area contributed by atoms with E-state index >= 15 is 0 Å². The lowest BCUT2D eigenvalue weighted by Crippen LogP contribution is -2.23. The molecule has 1 aromatic carbocycles. The minimum Gasteiger partial charge on any atom is -0.348 e. The molecule has 124 valence electrons. The van der Waals surface area contributed by atoms with E-state index in [0.717, 1.165) is 29.1 Å². The van der Waals surface area contributed by atoms with Gasteiger partial charge in [-0.1, -0.05) is 12.1 Å². The number of thiophene rings is 1. The van der Waals surface area contributed by atoms with Crippen molar-refractivity contribution in [2.75, 3.05) is 11.4 Å². The lowest BCUT2D eigenvalue weighted by Gasteiger charge is -2.15. The summed E-state index contributed by atoms with van der Waals surface area (Å²) < 4.78 is 0. The number of nitrogens with one attached hydrogen (secondary N) is 1. The van der Waals surface area contributed by atoms with Gasteiger partial charge in [0.05, 0.1) is 0 Å². The Morgan fingerprint density at radius 3 is 2.67 bits per heavy atom. The van der Waals surface area contributed by atoms with Gasteiger partial charge in [-0.15, -0.1) is 11.3 Å². The fraction of sp³-hybridized carbons (Fsp3) is 0.263. The summed E-state index contributed by atoms with van der Waals surface area (Å²) in [5.74, 6) is 0.0739. The van der Waals surface area contributed by atoms with E-state index in [-0.39, 0.29) is 11.8 Å². The first kappa shape index (κ1) is 16.5. The fourth-order valence-corrected chi connectivity index (χ4v) is 3.44. The zero-order valence-corrected chi connectivity index (χ0v) is 14.4. The van der Waals surface area contributed by atoms with Crippen LogP contribution in [0.25, 0.3) is 6.08 Å². The molecule has 2 amide bonds. The number of rotatable bonds is 5. The van der Waals surface area contributed by atoms with Gasteiger partial charge < -0.3 is 10.2 Å². The van der Waals surface area contributed by atoms with Crippen LogP contribution in [0.5, 0.6) is 0 Å². The summed E-state index contributed by atoms with van der Waals surface area (Å²) in [6, 6.07) is 11.8. The van der Waals surface area contributed by atoms with Crippen LogP contribution in [0, 0.1) is 6.92 Å². The summed E-state index contributed by atoms with van der Waals surface area (Å²) in [6.07, 6.45) is 4.94. The molecule has 1 aliphatic heterocycles. The number of hydrogen-bond donors (Lipinski definition) is 1.